The van der Waals surface area contributed by atoms with Crippen LogP contribution in [0.1, 0.15) is 24.1 Å². The SMILES string of the molecule is Cc1cc2cn(-c3ccc(CN4CCC[C@H](NC(=N)N)C4)cc3)c(=O)nc2[nH]1. The Bertz CT molecular complexity index is 1050. The summed E-state index contributed by atoms with van der Waals surface area (Å²) in [5, 5.41) is 11.3. The Labute approximate surface area is 162 Å². The van der Waals surface area contributed by atoms with Crippen LogP contribution in [0.5, 0.6) is 0 Å². The fourth-order valence-electron chi connectivity index (χ4n) is 3.87. The minimum Gasteiger partial charge on any atom is -0.370 e. The maximum atomic E-state index is 12.4. The van der Waals surface area contributed by atoms with Gasteiger partial charge in [0, 0.05) is 36.4 Å². The third-order valence-electron chi connectivity index (χ3n) is 5.13. The van der Waals surface area contributed by atoms with Gasteiger partial charge in [-0.2, -0.15) is 4.98 Å². The minimum absolute atomic E-state index is 0.0323. The molecule has 0 unspecified atom stereocenters. The van der Waals surface area contributed by atoms with Crippen LogP contribution >= 0.6 is 0 Å². The molecule has 8 nitrogen and oxygen atoms in total. The lowest BCUT2D eigenvalue weighted by molar-refractivity contribution is 0.193. The van der Waals surface area contributed by atoms with E-state index in [1.807, 2.05) is 31.3 Å². The van der Waals surface area contributed by atoms with E-state index in [1.165, 1.54) is 5.56 Å². The molecule has 1 saturated heterocycles. The van der Waals surface area contributed by atoms with Crippen LogP contribution in [0, 0.1) is 12.3 Å². The predicted octanol–water partition coefficient (Wildman–Crippen LogP) is 1.47. The summed E-state index contributed by atoms with van der Waals surface area (Å²) in [6.45, 7) is 4.68. The number of nitrogens with two attached hydrogens (primary N) is 1. The number of hydrogen-bond acceptors (Lipinski definition) is 4. The minimum atomic E-state index is -0.295. The van der Waals surface area contributed by atoms with Gasteiger partial charge in [0.05, 0.1) is 5.69 Å². The monoisotopic (exact) mass is 379 g/mol. The van der Waals surface area contributed by atoms with Crippen molar-refractivity contribution in [1.82, 2.24) is 24.8 Å². The number of hydrogen-bond donors (Lipinski definition) is 4. The predicted molar refractivity (Wildman–Crippen MR) is 110 cm³/mol. The third kappa shape index (κ3) is 3.91. The Hall–Kier alpha value is -3.13. The molecule has 5 N–H and O–H groups in total. The number of aromatic amines is 1. The molecule has 1 atom stereocenters. The van der Waals surface area contributed by atoms with E-state index < -0.39 is 0 Å². The lowest BCUT2D eigenvalue weighted by Gasteiger charge is -2.33. The number of aromatic nitrogens is 3. The highest BCUT2D eigenvalue weighted by atomic mass is 16.1. The molecular formula is C20H25N7O. The molecule has 0 saturated carbocycles. The number of rotatable bonds is 4. The van der Waals surface area contributed by atoms with Crippen molar-refractivity contribution in [3.05, 3.63) is 58.3 Å². The lowest BCUT2D eigenvalue weighted by Crippen LogP contribution is -2.49. The second-order valence-electron chi connectivity index (χ2n) is 7.45. The molecule has 0 aliphatic carbocycles. The number of nitrogens with zero attached hydrogens (tertiary/aromatic N) is 3. The molecule has 0 radical (unpaired) electrons. The summed E-state index contributed by atoms with van der Waals surface area (Å²) in [5.74, 6) is 0.0323. The van der Waals surface area contributed by atoms with E-state index >= 15 is 0 Å². The molecular weight excluding hydrogens is 354 g/mol. The molecule has 3 aromatic rings. The summed E-state index contributed by atoms with van der Waals surface area (Å²) >= 11 is 0. The van der Waals surface area contributed by atoms with E-state index in [2.05, 4.69) is 32.3 Å². The summed E-state index contributed by atoms with van der Waals surface area (Å²) in [6, 6.07) is 10.2. The van der Waals surface area contributed by atoms with Crippen LogP contribution in [0.3, 0.4) is 0 Å². The fraction of sp³-hybridized carbons (Fsp3) is 0.350. The van der Waals surface area contributed by atoms with Gasteiger partial charge in [0.25, 0.3) is 0 Å². The average molecular weight is 379 g/mol. The van der Waals surface area contributed by atoms with Gasteiger partial charge < -0.3 is 16.0 Å². The van der Waals surface area contributed by atoms with Gasteiger partial charge in [-0.1, -0.05) is 12.1 Å². The Kier molecular flexibility index (Phi) is 4.87. The van der Waals surface area contributed by atoms with E-state index in [4.69, 9.17) is 11.1 Å². The summed E-state index contributed by atoms with van der Waals surface area (Å²) in [6.07, 6.45) is 3.94. The smallest absolute Gasteiger partial charge is 0.354 e. The highest BCUT2D eigenvalue weighted by Gasteiger charge is 2.20. The van der Waals surface area contributed by atoms with E-state index in [0.717, 1.165) is 49.2 Å². The summed E-state index contributed by atoms with van der Waals surface area (Å²) in [4.78, 5) is 21.9. The van der Waals surface area contributed by atoms with Gasteiger partial charge in [0.2, 0.25) is 0 Å². The Balaban J connectivity index is 1.49. The first kappa shape index (κ1) is 18.2. The van der Waals surface area contributed by atoms with Gasteiger partial charge in [0.15, 0.2) is 5.96 Å². The van der Waals surface area contributed by atoms with Gasteiger partial charge in [0.1, 0.15) is 5.65 Å². The van der Waals surface area contributed by atoms with Crippen LogP contribution in [0.4, 0.5) is 0 Å². The molecule has 4 rings (SSSR count). The maximum absolute atomic E-state index is 12.4. The first-order valence-corrected chi connectivity index (χ1v) is 9.49. The zero-order valence-electron chi connectivity index (χ0n) is 15.9. The van der Waals surface area contributed by atoms with Crippen LogP contribution in [0.25, 0.3) is 16.7 Å². The van der Waals surface area contributed by atoms with Crippen molar-refractivity contribution in [3.8, 4) is 5.69 Å². The van der Waals surface area contributed by atoms with Crippen LogP contribution < -0.4 is 16.7 Å². The Morgan fingerprint density at radius 3 is 2.93 bits per heavy atom. The van der Waals surface area contributed by atoms with Crippen molar-refractivity contribution in [2.75, 3.05) is 13.1 Å². The van der Waals surface area contributed by atoms with Crippen LogP contribution in [0.15, 0.2) is 41.3 Å². The molecule has 1 aliphatic heterocycles. The topological polar surface area (TPSA) is 116 Å². The number of piperidine rings is 1. The largest absolute Gasteiger partial charge is 0.370 e. The Morgan fingerprint density at radius 2 is 2.18 bits per heavy atom. The quantitative estimate of drug-likeness (QED) is 0.405. The first-order chi connectivity index (χ1) is 13.5. The van der Waals surface area contributed by atoms with Crippen molar-refractivity contribution in [2.24, 2.45) is 5.73 Å². The first-order valence-electron chi connectivity index (χ1n) is 9.49. The molecule has 1 aliphatic rings. The van der Waals surface area contributed by atoms with Crippen LogP contribution in [0.2, 0.25) is 0 Å². The molecule has 28 heavy (non-hydrogen) atoms. The molecule has 8 heteroatoms. The van der Waals surface area contributed by atoms with Gasteiger partial charge >= 0.3 is 5.69 Å². The molecule has 146 valence electrons. The van der Waals surface area contributed by atoms with Crippen molar-refractivity contribution < 1.29 is 0 Å². The van der Waals surface area contributed by atoms with Gasteiger partial charge in [-0.3, -0.25) is 14.9 Å². The molecule has 2 aromatic heterocycles. The normalized spacial score (nSPS) is 17.7. The van der Waals surface area contributed by atoms with Crippen molar-refractivity contribution in [3.63, 3.8) is 0 Å². The number of aryl methyl sites for hydroxylation is 1. The van der Waals surface area contributed by atoms with Crippen molar-refractivity contribution in [1.29, 1.82) is 5.41 Å². The fourth-order valence-corrected chi connectivity index (χ4v) is 3.87. The molecule has 1 fully saturated rings. The second kappa shape index (κ2) is 7.47. The average Bonchev–Trinajstić information content (AvgIpc) is 3.00. The molecule has 3 heterocycles. The molecule has 1 aromatic carbocycles. The number of guanidine groups is 1. The van der Waals surface area contributed by atoms with E-state index in [0.29, 0.717) is 5.65 Å². The van der Waals surface area contributed by atoms with E-state index in [1.54, 1.807) is 4.57 Å². The molecule has 0 bridgehead atoms. The molecule has 0 spiro atoms. The van der Waals surface area contributed by atoms with Gasteiger partial charge in [-0.25, -0.2) is 4.79 Å². The standard InChI is InChI=1S/C20H25N7O/c1-13-9-15-11-27(20(28)25-18(15)23-13)17-6-4-14(5-7-17)10-26-8-2-3-16(12-26)24-19(21)22/h4-7,9,11,16H,2-3,8,10,12H2,1H3,(H4,21,22,24)(H,23,25,28)/t16-/m0/s1. The number of likely N-dealkylation sites (tertiary alicyclic amines) is 1. The number of nitrogens with one attached hydrogen (secondary N) is 3. The number of fused-ring (bicyclic) bond motifs is 1. The van der Waals surface area contributed by atoms with Gasteiger partial charge in [-0.05, 0) is 50.1 Å². The van der Waals surface area contributed by atoms with E-state index in [9.17, 15) is 4.79 Å². The zero-order valence-corrected chi connectivity index (χ0v) is 15.9. The van der Waals surface area contributed by atoms with Crippen molar-refractivity contribution in [2.45, 2.75) is 32.4 Å². The number of benzene rings is 1. The second-order valence-corrected chi connectivity index (χ2v) is 7.45. The lowest BCUT2D eigenvalue weighted by atomic mass is 10.0. The van der Waals surface area contributed by atoms with Crippen LogP contribution in [-0.2, 0) is 6.54 Å². The van der Waals surface area contributed by atoms with Crippen LogP contribution in [-0.4, -0.2) is 44.5 Å². The van der Waals surface area contributed by atoms with Gasteiger partial charge in [-0.15, -0.1) is 0 Å². The Morgan fingerprint density at radius 1 is 1.39 bits per heavy atom. The maximum Gasteiger partial charge on any atom is 0.354 e. The summed E-state index contributed by atoms with van der Waals surface area (Å²) in [7, 11) is 0. The molecule has 0 amide bonds. The third-order valence-corrected chi connectivity index (χ3v) is 5.13. The van der Waals surface area contributed by atoms with Crippen molar-refractivity contribution >= 4 is 17.0 Å². The highest BCUT2D eigenvalue weighted by Crippen LogP contribution is 2.16. The van der Waals surface area contributed by atoms with E-state index in [-0.39, 0.29) is 17.7 Å². The highest BCUT2D eigenvalue weighted by molar-refractivity contribution is 5.75. The summed E-state index contributed by atoms with van der Waals surface area (Å²) < 4.78 is 1.58. The zero-order chi connectivity index (χ0) is 19.7. The summed E-state index contributed by atoms with van der Waals surface area (Å²) in [5.41, 5.74) is 8.75. The number of H-pyrrole nitrogens is 1.